The number of piperazine rings is 1. The van der Waals surface area contributed by atoms with Crippen LogP contribution in [0.4, 0.5) is 5.82 Å². The van der Waals surface area contributed by atoms with E-state index in [1.165, 1.54) is 0 Å². The lowest BCUT2D eigenvalue weighted by Gasteiger charge is -2.36. The van der Waals surface area contributed by atoms with Crippen molar-refractivity contribution in [3.05, 3.63) is 96.4 Å². The van der Waals surface area contributed by atoms with Gasteiger partial charge in [0.2, 0.25) is 5.91 Å². The summed E-state index contributed by atoms with van der Waals surface area (Å²) in [7, 11) is 0. The van der Waals surface area contributed by atoms with E-state index in [2.05, 4.69) is 32.8 Å². The minimum atomic E-state index is 0.133. The van der Waals surface area contributed by atoms with Gasteiger partial charge in [-0.25, -0.2) is 4.98 Å². The maximum Gasteiger partial charge on any atom is 0.227 e. The Bertz CT molecular complexity index is 1570. The minimum Gasteiger partial charge on any atom is -0.507 e. The SMILES string of the molecule is Cc1cccnc1N1CCN(C(=O)Cc2ccc(-c3cccc(-c4cc5cnccc5[nH]4)c3O)cc2)CC1. The van der Waals surface area contributed by atoms with Crippen LogP contribution in [-0.2, 0) is 11.2 Å². The minimum absolute atomic E-state index is 0.133. The molecule has 0 bridgehead atoms. The number of fused-ring (bicyclic) bond motifs is 1. The van der Waals surface area contributed by atoms with Crippen molar-refractivity contribution in [1.29, 1.82) is 0 Å². The molecule has 0 aliphatic carbocycles. The maximum atomic E-state index is 13.0. The molecule has 0 saturated carbocycles. The standard InChI is InChI=1S/C31H29N5O2/c1-21-4-3-12-33-31(21)36-16-14-35(15-17-36)29(37)18-22-7-9-23(10-8-22)25-5-2-6-26(30(25)38)28-19-24-20-32-13-11-27(24)34-28/h2-13,19-20,34,38H,14-18H2,1H3. The Morgan fingerprint density at radius 1 is 0.947 bits per heavy atom. The number of aromatic nitrogens is 3. The second-order valence-corrected chi connectivity index (χ2v) is 9.73. The van der Waals surface area contributed by atoms with Crippen molar-refractivity contribution in [2.75, 3.05) is 31.1 Å². The summed E-state index contributed by atoms with van der Waals surface area (Å²) in [6.45, 7) is 5.02. The molecular weight excluding hydrogens is 474 g/mol. The first-order valence-corrected chi connectivity index (χ1v) is 12.9. The highest BCUT2D eigenvalue weighted by atomic mass is 16.3. The lowest BCUT2D eigenvalue weighted by atomic mass is 9.98. The molecule has 0 atom stereocenters. The van der Waals surface area contributed by atoms with E-state index in [9.17, 15) is 9.90 Å². The number of H-pyrrole nitrogens is 1. The van der Waals surface area contributed by atoms with Crippen molar-refractivity contribution >= 4 is 22.6 Å². The number of para-hydroxylation sites is 1. The van der Waals surface area contributed by atoms with Crippen LogP contribution in [0.2, 0.25) is 0 Å². The van der Waals surface area contributed by atoms with E-state index in [-0.39, 0.29) is 11.7 Å². The first-order valence-electron chi connectivity index (χ1n) is 12.9. The van der Waals surface area contributed by atoms with Gasteiger partial charge in [-0.15, -0.1) is 0 Å². The predicted octanol–water partition coefficient (Wildman–Crippen LogP) is 5.20. The topological polar surface area (TPSA) is 85.4 Å². The zero-order valence-electron chi connectivity index (χ0n) is 21.3. The van der Waals surface area contributed by atoms with Gasteiger partial charge in [0.15, 0.2) is 0 Å². The molecule has 38 heavy (non-hydrogen) atoms. The third kappa shape index (κ3) is 4.59. The number of phenols is 1. The number of rotatable bonds is 5. The first-order chi connectivity index (χ1) is 18.6. The molecule has 1 aliphatic heterocycles. The highest BCUT2D eigenvalue weighted by Crippen LogP contribution is 2.38. The van der Waals surface area contributed by atoms with Crippen LogP contribution in [0.15, 0.2) is 85.3 Å². The van der Waals surface area contributed by atoms with Gasteiger partial charge in [0.1, 0.15) is 11.6 Å². The number of hydrogen-bond acceptors (Lipinski definition) is 5. The van der Waals surface area contributed by atoms with Crippen LogP contribution in [0, 0.1) is 6.92 Å². The molecule has 5 aromatic rings. The van der Waals surface area contributed by atoms with Crippen LogP contribution in [0.25, 0.3) is 33.3 Å². The Morgan fingerprint density at radius 3 is 2.50 bits per heavy atom. The molecule has 6 rings (SSSR count). The van der Waals surface area contributed by atoms with E-state index >= 15 is 0 Å². The number of hydrogen-bond donors (Lipinski definition) is 2. The normalized spacial score (nSPS) is 13.7. The Morgan fingerprint density at radius 2 is 1.74 bits per heavy atom. The quantitative estimate of drug-likeness (QED) is 0.345. The summed E-state index contributed by atoms with van der Waals surface area (Å²) in [6.07, 6.45) is 5.73. The number of aromatic amines is 1. The van der Waals surface area contributed by atoms with Crippen LogP contribution < -0.4 is 4.90 Å². The van der Waals surface area contributed by atoms with E-state index < -0.39 is 0 Å². The molecule has 1 amide bonds. The largest absolute Gasteiger partial charge is 0.507 e. The monoisotopic (exact) mass is 503 g/mol. The Hall–Kier alpha value is -4.65. The van der Waals surface area contributed by atoms with Crippen molar-refractivity contribution < 1.29 is 9.90 Å². The maximum absolute atomic E-state index is 13.0. The highest BCUT2D eigenvalue weighted by molar-refractivity contribution is 5.89. The van der Waals surface area contributed by atoms with Crippen LogP contribution in [0.1, 0.15) is 11.1 Å². The molecule has 190 valence electrons. The number of carbonyl (C=O) groups excluding carboxylic acids is 1. The van der Waals surface area contributed by atoms with Crippen LogP contribution in [0.5, 0.6) is 5.75 Å². The lowest BCUT2D eigenvalue weighted by Crippen LogP contribution is -2.49. The van der Waals surface area contributed by atoms with E-state index in [0.29, 0.717) is 19.5 Å². The van der Waals surface area contributed by atoms with Crippen molar-refractivity contribution in [2.45, 2.75) is 13.3 Å². The third-order valence-corrected chi connectivity index (χ3v) is 7.28. The molecule has 2 aromatic carbocycles. The van der Waals surface area contributed by atoms with Crippen molar-refractivity contribution in [1.82, 2.24) is 19.9 Å². The van der Waals surface area contributed by atoms with Gasteiger partial charge in [-0.05, 0) is 47.9 Å². The summed E-state index contributed by atoms with van der Waals surface area (Å²) in [6, 6.07) is 21.6. The molecule has 1 fully saturated rings. The number of aromatic hydroxyl groups is 1. The summed E-state index contributed by atoms with van der Waals surface area (Å²) in [5, 5.41) is 12.1. The number of pyridine rings is 2. The molecule has 0 radical (unpaired) electrons. The lowest BCUT2D eigenvalue weighted by molar-refractivity contribution is -0.130. The Labute approximate surface area is 221 Å². The third-order valence-electron chi connectivity index (χ3n) is 7.28. The van der Waals surface area contributed by atoms with Gasteiger partial charge >= 0.3 is 0 Å². The number of phenolic OH excluding ortho intramolecular Hbond substituents is 1. The molecule has 1 saturated heterocycles. The smallest absolute Gasteiger partial charge is 0.227 e. The number of benzene rings is 2. The molecular formula is C31H29N5O2. The van der Waals surface area contributed by atoms with E-state index in [0.717, 1.165) is 63.3 Å². The summed E-state index contributed by atoms with van der Waals surface area (Å²) >= 11 is 0. The van der Waals surface area contributed by atoms with Gasteiger partial charge in [0.05, 0.1) is 12.1 Å². The van der Waals surface area contributed by atoms with Crippen LogP contribution in [-0.4, -0.2) is 57.0 Å². The van der Waals surface area contributed by atoms with E-state index in [1.54, 1.807) is 12.4 Å². The van der Waals surface area contributed by atoms with Crippen LogP contribution in [0.3, 0.4) is 0 Å². The van der Waals surface area contributed by atoms with E-state index in [4.69, 9.17) is 0 Å². The van der Waals surface area contributed by atoms with E-state index in [1.807, 2.05) is 71.8 Å². The van der Waals surface area contributed by atoms with Gasteiger partial charge in [-0.2, -0.15) is 0 Å². The summed E-state index contributed by atoms with van der Waals surface area (Å²) < 4.78 is 0. The number of nitrogens with zero attached hydrogens (tertiary/aromatic N) is 4. The van der Waals surface area contributed by atoms with Gasteiger partial charge in [0, 0.05) is 66.8 Å². The predicted molar refractivity (Wildman–Crippen MR) is 150 cm³/mol. The number of aryl methyl sites for hydroxylation is 1. The molecule has 7 heteroatoms. The summed E-state index contributed by atoms with van der Waals surface area (Å²) in [5.41, 5.74) is 6.31. The van der Waals surface area contributed by atoms with Gasteiger partial charge < -0.3 is 19.9 Å². The number of nitrogens with one attached hydrogen (secondary N) is 1. The fraction of sp³-hybridized carbons (Fsp3) is 0.194. The average Bonchev–Trinajstić information content (AvgIpc) is 3.38. The zero-order valence-corrected chi connectivity index (χ0v) is 21.3. The second kappa shape index (κ2) is 10.0. The zero-order chi connectivity index (χ0) is 26.1. The Kier molecular flexibility index (Phi) is 6.25. The molecule has 1 aliphatic rings. The fourth-order valence-electron chi connectivity index (χ4n) is 5.18. The molecule has 4 heterocycles. The Balaban J connectivity index is 1.13. The fourth-order valence-corrected chi connectivity index (χ4v) is 5.18. The molecule has 7 nitrogen and oxygen atoms in total. The molecule has 0 unspecified atom stereocenters. The second-order valence-electron chi connectivity index (χ2n) is 9.73. The van der Waals surface area contributed by atoms with Crippen molar-refractivity contribution in [2.24, 2.45) is 0 Å². The molecule has 3 aromatic heterocycles. The van der Waals surface area contributed by atoms with Crippen molar-refractivity contribution in [3.63, 3.8) is 0 Å². The number of anilines is 1. The van der Waals surface area contributed by atoms with Gasteiger partial charge in [-0.3, -0.25) is 9.78 Å². The summed E-state index contributed by atoms with van der Waals surface area (Å²) in [4.78, 5) is 29.2. The number of carbonyl (C=O) groups is 1. The summed E-state index contributed by atoms with van der Waals surface area (Å²) in [5.74, 6) is 1.36. The number of amides is 1. The average molecular weight is 504 g/mol. The van der Waals surface area contributed by atoms with Gasteiger partial charge in [0.25, 0.3) is 0 Å². The molecule has 2 N–H and O–H groups in total. The van der Waals surface area contributed by atoms with Crippen LogP contribution >= 0.6 is 0 Å². The van der Waals surface area contributed by atoms with Gasteiger partial charge in [-0.1, -0.05) is 42.5 Å². The molecule has 0 spiro atoms. The van der Waals surface area contributed by atoms with Crippen molar-refractivity contribution in [3.8, 4) is 28.1 Å². The first kappa shape index (κ1) is 23.7. The highest BCUT2D eigenvalue weighted by Gasteiger charge is 2.23.